The number of carbonyl (C=O) groups excluding carboxylic acids is 1. The molecule has 0 atom stereocenters. The SMILES string of the molecule is CC1(CN=C=O)CC1. The Morgan fingerprint density at radius 2 is 2.38 bits per heavy atom. The van der Waals surface area contributed by atoms with E-state index in [0.717, 1.165) is 0 Å². The Morgan fingerprint density at radius 1 is 1.75 bits per heavy atom. The molecule has 0 aromatic carbocycles. The second kappa shape index (κ2) is 1.71. The number of nitrogens with zero attached hydrogens (tertiary/aromatic N) is 1. The number of isocyanates is 1. The summed E-state index contributed by atoms with van der Waals surface area (Å²) in [6.07, 6.45) is 3.98. The minimum atomic E-state index is 0.372. The first-order valence-electron chi connectivity index (χ1n) is 2.80. The summed E-state index contributed by atoms with van der Waals surface area (Å²) < 4.78 is 0. The molecule has 0 unspecified atom stereocenters. The van der Waals surface area contributed by atoms with Crippen LogP contribution < -0.4 is 0 Å². The molecular formula is C6H9NO. The van der Waals surface area contributed by atoms with Gasteiger partial charge in [0.2, 0.25) is 6.08 Å². The van der Waals surface area contributed by atoms with Gasteiger partial charge >= 0.3 is 0 Å². The number of hydrogen-bond donors (Lipinski definition) is 0. The lowest BCUT2D eigenvalue weighted by molar-refractivity contribution is 0.548. The monoisotopic (exact) mass is 111 g/mol. The fraction of sp³-hybridized carbons (Fsp3) is 0.833. The van der Waals surface area contributed by atoms with Crippen molar-refractivity contribution >= 4 is 6.08 Å². The third-order valence-electron chi connectivity index (χ3n) is 1.63. The van der Waals surface area contributed by atoms with E-state index in [2.05, 4.69) is 11.9 Å². The Balaban J connectivity index is 2.29. The van der Waals surface area contributed by atoms with Crippen LogP contribution in [0.1, 0.15) is 19.8 Å². The van der Waals surface area contributed by atoms with Crippen LogP contribution in [0.15, 0.2) is 4.99 Å². The van der Waals surface area contributed by atoms with E-state index in [9.17, 15) is 4.79 Å². The van der Waals surface area contributed by atoms with Crippen LogP contribution in [-0.2, 0) is 4.79 Å². The van der Waals surface area contributed by atoms with Gasteiger partial charge in [-0.05, 0) is 18.3 Å². The molecule has 0 aromatic heterocycles. The highest BCUT2D eigenvalue weighted by Crippen LogP contribution is 2.44. The molecule has 0 spiro atoms. The van der Waals surface area contributed by atoms with Crippen molar-refractivity contribution in [1.29, 1.82) is 0 Å². The van der Waals surface area contributed by atoms with E-state index in [1.54, 1.807) is 0 Å². The largest absolute Gasteiger partial charge is 0.234 e. The predicted molar refractivity (Wildman–Crippen MR) is 30.3 cm³/mol. The minimum absolute atomic E-state index is 0.372. The fourth-order valence-corrected chi connectivity index (χ4v) is 0.595. The first-order chi connectivity index (χ1) is 3.77. The fourth-order valence-electron chi connectivity index (χ4n) is 0.595. The van der Waals surface area contributed by atoms with Crippen molar-refractivity contribution in [3.63, 3.8) is 0 Å². The molecule has 0 N–H and O–H groups in total. The molecule has 8 heavy (non-hydrogen) atoms. The molecule has 1 rings (SSSR count). The van der Waals surface area contributed by atoms with E-state index in [0.29, 0.717) is 12.0 Å². The maximum Gasteiger partial charge on any atom is 0.234 e. The molecule has 1 aliphatic rings. The summed E-state index contributed by atoms with van der Waals surface area (Å²) in [5.74, 6) is 0. The van der Waals surface area contributed by atoms with E-state index in [-0.39, 0.29) is 0 Å². The molecule has 1 saturated carbocycles. The van der Waals surface area contributed by atoms with Crippen LogP contribution in [0.4, 0.5) is 0 Å². The lowest BCUT2D eigenvalue weighted by Gasteiger charge is -1.96. The third-order valence-corrected chi connectivity index (χ3v) is 1.63. The molecule has 0 amide bonds. The standard InChI is InChI=1S/C6H9NO/c1-6(2-3-6)4-7-5-8/h2-4H2,1H3. The van der Waals surface area contributed by atoms with Crippen LogP contribution in [0.2, 0.25) is 0 Å². The highest BCUT2D eigenvalue weighted by atomic mass is 16.1. The predicted octanol–water partition coefficient (Wildman–Crippen LogP) is 1.12. The lowest BCUT2D eigenvalue weighted by Crippen LogP contribution is -1.96. The van der Waals surface area contributed by atoms with Crippen molar-refractivity contribution in [1.82, 2.24) is 0 Å². The highest BCUT2D eigenvalue weighted by Gasteiger charge is 2.36. The van der Waals surface area contributed by atoms with E-state index >= 15 is 0 Å². The number of aliphatic imine (C=N–C) groups is 1. The molecule has 0 aromatic rings. The smallest absolute Gasteiger partial charge is 0.211 e. The molecule has 44 valence electrons. The van der Waals surface area contributed by atoms with Gasteiger partial charge in [0, 0.05) is 0 Å². The Hall–Kier alpha value is -0.620. The van der Waals surface area contributed by atoms with Gasteiger partial charge in [-0.25, -0.2) is 9.79 Å². The first kappa shape index (κ1) is 5.52. The molecule has 1 aliphatic carbocycles. The zero-order chi connectivity index (χ0) is 6.04. The van der Waals surface area contributed by atoms with Gasteiger partial charge in [0.25, 0.3) is 0 Å². The van der Waals surface area contributed by atoms with Crippen LogP contribution in [0.5, 0.6) is 0 Å². The van der Waals surface area contributed by atoms with Gasteiger partial charge in [-0.2, -0.15) is 0 Å². The quantitative estimate of drug-likeness (QED) is 0.388. The van der Waals surface area contributed by atoms with E-state index in [1.165, 1.54) is 18.9 Å². The molecule has 0 radical (unpaired) electrons. The van der Waals surface area contributed by atoms with Crippen molar-refractivity contribution in [2.24, 2.45) is 10.4 Å². The zero-order valence-corrected chi connectivity index (χ0v) is 4.98. The summed E-state index contributed by atoms with van der Waals surface area (Å²) >= 11 is 0. The van der Waals surface area contributed by atoms with Gasteiger partial charge in [0.1, 0.15) is 0 Å². The average Bonchev–Trinajstić information content (AvgIpc) is 2.45. The van der Waals surface area contributed by atoms with Crippen LogP contribution in [-0.4, -0.2) is 12.6 Å². The molecule has 0 heterocycles. The van der Waals surface area contributed by atoms with Crippen molar-refractivity contribution in [3.8, 4) is 0 Å². The molecule has 0 aliphatic heterocycles. The third kappa shape index (κ3) is 1.17. The molecule has 0 bridgehead atoms. The second-order valence-corrected chi connectivity index (χ2v) is 2.72. The summed E-state index contributed by atoms with van der Waals surface area (Å²) in [6, 6.07) is 0. The van der Waals surface area contributed by atoms with Gasteiger partial charge in [-0.15, -0.1) is 0 Å². The summed E-state index contributed by atoms with van der Waals surface area (Å²) in [5, 5.41) is 0. The van der Waals surface area contributed by atoms with Crippen molar-refractivity contribution in [3.05, 3.63) is 0 Å². The maximum absolute atomic E-state index is 9.59. The summed E-state index contributed by atoms with van der Waals surface area (Å²) in [5.41, 5.74) is 0.372. The summed E-state index contributed by atoms with van der Waals surface area (Å²) in [7, 11) is 0. The number of hydrogen-bond acceptors (Lipinski definition) is 2. The van der Waals surface area contributed by atoms with Crippen LogP contribution in [0.3, 0.4) is 0 Å². The van der Waals surface area contributed by atoms with E-state index < -0.39 is 0 Å². The summed E-state index contributed by atoms with van der Waals surface area (Å²) in [6.45, 7) is 2.81. The van der Waals surface area contributed by atoms with Crippen molar-refractivity contribution in [2.75, 3.05) is 6.54 Å². The first-order valence-corrected chi connectivity index (χ1v) is 2.80. The van der Waals surface area contributed by atoms with Crippen LogP contribution in [0, 0.1) is 5.41 Å². The number of rotatable bonds is 2. The molecule has 1 fully saturated rings. The van der Waals surface area contributed by atoms with Gasteiger partial charge in [0.15, 0.2) is 0 Å². The molecule has 2 heteroatoms. The zero-order valence-electron chi connectivity index (χ0n) is 4.98. The lowest BCUT2D eigenvalue weighted by atomic mass is 10.1. The summed E-state index contributed by atoms with van der Waals surface area (Å²) in [4.78, 5) is 13.1. The van der Waals surface area contributed by atoms with Crippen LogP contribution in [0.25, 0.3) is 0 Å². The molecular weight excluding hydrogens is 102 g/mol. The van der Waals surface area contributed by atoms with Crippen molar-refractivity contribution in [2.45, 2.75) is 19.8 Å². The average molecular weight is 111 g/mol. The minimum Gasteiger partial charge on any atom is -0.211 e. The van der Waals surface area contributed by atoms with Gasteiger partial charge < -0.3 is 0 Å². The molecule has 2 nitrogen and oxygen atoms in total. The second-order valence-electron chi connectivity index (χ2n) is 2.72. The Morgan fingerprint density at radius 3 is 2.75 bits per heavy atom. The maximum atomic E-state index is 9.59. The Labute approximate surface area is 48.6 Å². The highest BCUT2D eigenvalue weighted by molar-refractivity contribution is 5.33. The Kier molecular flexibility index (Phi) is 1.18. The van der Waals surface area contributed by atoms with Gasteiger partial charge in [0.05, 0.1) is 6.54 Å². The van der Waals surface area contributed by atoms with E-state index in [1.807, 2.05) is 0 Å². The van der Waals surface area contributed by atoms with E-state index in [4.69, 9.17) is 0 Å². The Bertz CT molecular complexity index is 131. The topological polar surface area (TPSA) is 29.4 Å². The normalized spacial score (nSPS) is 21.6. The molecule has 0 saturated heterocycles. The van der Waals surface area contributed by atoms with Crippen LogP contribution >= 0.6 is 0 Å². The van der Waals surface area contributed by atoms with Gasteiger partial charge in [-0.3, -0.25) is 0 Å². The van der Waals surface area contributed by atoms with Gasteiger partial charge in [-0.1, -0.05) is 6.92 Å². The van der Waals surface area contributed by atoms with Crippen molar-refractivity contribution < 1.29 is 4.79 Å².